The molecule has 0 aliphatic carbocycles. The van der Waals surface area contributed by atoms with Gasteiger partial charge in [-0.25, -0.2) is 19.6 Å². The largest absolute Gasteiger partial charge is 1.00 e. The summed E-state index contributed by atoms with van der Waals surface area (Å²) in [6.07, 6.45) is -5.71. The normalized spacial score (nSPS) is 12.4. The van der Waals surface area contributed by atoms with Crippen molar-refractivity contribution < 1.29 is 74.9 Å². The Hall–Kier alpha value is -4.07. The van der Waals surface area contributed by atoms with Gasteiger partial charge in [-0.2, -0.15) is 26.3 Å². The summed E-state index contributed by atoms with van der Waals surface area (Å²) in [5.74, 6) is -2.09. The number of fused-ring (bicyclic) bond motifs is 8. The van der Waals surface area contributed by atoms with Crippen molar-refractivity contribution in [3.8, 4) is 0 Å². The number of halogens is 7. The van der Waals surface area contributed by atoms with Gasteiger partial charge in [0.05, 0.1) is 59.1 Å². The van der Waals surface area contributed by atoms with Gasteiger partial charge < -0.3 is 31.8 Å². The predicted molar refractivity (Wildman–Crippen MR) is 132 cm³/mol. The average Bonchev–Trinajstić information content (AvgIpc) is 3.67. The van der Waals surface area contributed by atoms with Gasteiger partial charge in [0.15, 0.2) is 0 Å². The number of ether oxygens (including phenoxy) is 2. The molecular formula is C26H16ClF6MnN4O4-. The topological polar surface area (TPSA) is 110 Å². The molecule has 0 saturated carbocycles. The number of hydrogen-bond donors (Lipinski definition) is 2. The van der Waals surface area contributed by atoms with E-state index in [0.717, 1.165) is 62.8 Å². The zero-order valence-electron chi connectivity index (χ0n) is 21.2. The molecule has 0 saturated heterocycles. The Bertz CT molecular complexity index is 1700. The number of methoxy groups -OCH3 is 2. The molecule has 0 spiro atoms. The van der Waals surface area contributed by atoms with Gasteiger partial charge in [0.25, 0.3) is 0 Å². The molecule has 0 aromatic carbocycles. The van der Waals surface area contributed by atoms with E-state index in [2.05, 4.69) is 19.9 Å². The fourth-order valence-electron chi connectivity index (χ4n) is 4.44. The summed E-state index contributed by atoms with van der Waals surface area (Å²) in [4.78, 5) is 38.3. The summed E-state index contributed by atoms with van der Waals surface area (Å²) >= 11 is 0. The van der Waals surface area contributed by atoms with E-state index in [1.165, 1.54) is 0 Å². The Morgan fingerprint density at radius 2 is 0.952 bits per heavy atom. The molecule has 3 aromatic rings. The SMILES string of the molecule is COC(=O)c1c2nc(c(C(F)(F)F)c3ccc([nH]3)c(C(=O)OC)c3ccc([nH]3)c(C(F)(F)F)c3nc1C=C3)C=C2.[Cl-].[Mn]. The maximum Gasteiger partial charge on any atom is 0.420 e. The molecule has 221 valence electrons. The molecule has 1 radical (unpaired) electrons. The summed E-state index contributed by atoms with van der Waals surface area (Å²) < 4.78 is 95.3. The van der Waals surface area contributed by atoms with Crippen LogP contribution in [0.5, 0.6) is 0 Å². The summed E-state index contributed by atoms with van der Waals surface area (Å²) in [5.41, 5.74) is -6.34. The molecule has 2 aliphatic rings. The fourth-order valence-corrected chi connectivity index (χ4v) is 4.44. The molecule has 0 unspecified atom stereocenters. The number of rotatable bonds is 2. The quantitative estimate of drug-likeness (QED) is 0.172. The molecule has 8 bridgehead atoms. The first kappa shape index (κ1) is 32.4. The molecule has 2 aliphatic heterocycles. The van der Waals surface area contributed by atoms with E-state index in [0.29, 0.717) is 0 Å². The van der Waals surface area contributed by atoms with Crippen molar-refractivity contribution in [3.05, 3.63) is 69.3 Å². The second kappa shape index (κ2) is 11.7. The molecule has 3 aromatic heterocycles. The zero-order chi connectivity index (χ0) is 29.0. The van der Waals surface area contributed by atoms with Crippen LogP contribution >= 0.6 is 0 Å². The van der Waals surface area contributed by atoms with Crippen LogP contribution in [-0.4, -0.2) is 46.1 Å². The Morgan fingerprint density at radius 3 is 1.31 bits per heavy atom. The maximum atomic E-state index is 14.3. The van der Waals surface area contributed by atoms with E-state index in [4.69, 9.17) is 9.47 Å². The molecule has 5 heterocycles. The second-order valence-corrected chi connectivity index (χ2v) is 8.48. The zero-order valence-corrected chi connectivity index (χ0v) is 23.1. The minimum atomic E-state index is -4.95. The third-order valence-corrected chi connectivity index (χ3v) is 6.10. The maximum absolute atomic E-state index is 14.3. The van der Waals surface area contributed by atoms with Crippen LogP contribution in [0.25, 0.3) is 46.4 Å². The van der Waals surface area contributed by atoms with Crippen molar-refractivity contribution in [1.29, 1.82) is 0 Å². The third-order valence-electron chi connectivity index (χ3n) is 6.10. The van der Waals surface area contributed by atoms with Gasteiger partial charge >= 0.3 is 24.3 Å². The number of hydrogen-bond acceptors (Lipinski definition) is 6. The first-order valence-corrected chi connectivity index (χ1v) is 11.3. The van der Waals surface area contributed by atoms with Crippen molar-refractivity contribution in [2.45, 2.75) is 12.4 Å². The van der Waals surface area contributed by atoms with Crippen LogP contribution in [0.3, 0.4) is 0 Å². The minimum absolute atomic E-state index is 0. The van der Waals surface area contributed by atoms with Crippen molar-refractivity contribution in [1.82, 2.24) is 19.9 Å². The van der Waals surface area contributed by atoms with Crippen LogP contribution in [0.15, 0.2) is 24.3 Å². The number of H-pyrrole nitrogens is 2. The minimum Gasteiger partial charge on any atom is -1.00 e. The van der Waals surface area contributed by atoms with Gasteiger partial charge in [0.2, 0.25) is 0 Å². The number of aromatic nitrogens is 4. The summed E-state index contributed by atoms with van der Waals surface area (Å²) in [5, 5.41) is 0. The molecular weight excluding hydrogens is 637 g/mol. The first-order chi connectivity index (χ1) is 18.8. The summed E-state index contributed by atoms with van der Waals surface area (Å²) in [6.45, 7) is 0. The van der Waals surface area contributed by atoms with Gasteiger partial charge in [-0.15, -0.1) is 0 Å². The van der Waals surface area contributed by atoms with Crippen LogP contribution in [0.1, 0.15) is 54.6 Å². The molecule has 5 rings (SSSR count). The average molecular weight is 653 g/mol. The van der Waals surface area contributed by atoms with Crippen molar-refractivity contribution >= 4 is 58.3 Å². The van der Waals surface area contributed by atoms with Gasteiger partial charge in [-0.3, -0.25) is 0 Å². The molecule has 42 heavy (non-hydrogen) atoms. The third kappa shape index (κ3) is 5.67. The number of nitrogens with zero attached hydrogens (tertiary/aromatic N) is 2. The van der Waals surface area contributed by atoms with Gasteiger partial charge in [0, 0.05) is 17.1 Å². The number of carbonyl (C=O) groups excluding carboxylic acids is 2. The Labute approximate surface area is 248 Å². The molecule has 2 N–H and O–H groups in total. The number of alkyl halides is 6. The van der Waals surface area contributed by atoms with Gasteiger partial charge in [0.1, 0.15) is 22.3 Å². The van der Waals surface area contributed by atoms with Crippen LogP contribution in [-0.2, 0) is 38.9 Å². The smallest absolute Gasteiger partial charge is 0.420 e. The molecule has 0 atom stereocenters. The van der Waals surface area contributed by atoms with E-state index < -0.39 is 63.4 Å². The number of carbonyl (C=O) groups is 2. The van der Waals surface area contributed by atoms with E-state index in [1.54, 1.807) is 0 Å². The molecule has 0 fully saturated rings. The molecule has 0 amide bonds. The Morgan fingerprint density at radius 1 is 0.619 bits per heavy atom. The predicted octanol–water partition coefficient (Wildman–Crippen LogP) is 3.27. The van der Waals surface area contributed by atoms with E-state index in [1.807, 2.05) is 0 Å². The number of esters is 2. The fraction of sp³-hybridized carbons (Fsp3) is 0.154. The van der Waals surface area contributed by atoms with Crippen LogP contribution in [0.2, 0.25) is 0 Å². The Balaban J connectivity index is 0.00000242. The molecule has 8 nitrogen and oxygen atoms in total. The van der Waals surface area contributed by atoms with Crippen molar-refractivity contribution in [3.63, 3.8) is 0 Å². The van der Waals surface area contributed by atoms with E-state index >= 15 is 0 Å². The summed E-state index contributed by atoms with van der Waals surface area (Å²) in [7, 11) is 2.02. The van der Waals surface area contributed by atoms with Gasteiger partial charge in [-0.1, -0.05) is 0 Å². The van der Waals surface area contributed by atoms with E-state index in [-0.39, 0.29) is 57.5 Å². The van der Waals surface area contributed by atoms with Crippen LogP contribution in [0.4, 0.5) is 26.3 Å². The van der Waals surface area contributed by atoms with Crippen molar-refractivity contribution in [2.75, 3.05) is 14.2 Å². The standard InChI is InChI=1S/C26H16F6N4O4.ClH.Mn/c1-39-23(37)19-11-3-7-15(33-11)21(25(27,28)29)17-9-5-13(35-17)20(24(38)40-2)14-6-10-18(36-14)22(26(30,31)32)16-8-4-12(19)34-16;;/h3-10,33-34H,1-2H3;1H;/p-1. The molecule has 16 heteroatoms. The first-order valence-electron chi connectivity index (χ1n) is 11.3. The van der Waals surface area contributed by atoms with Gasteiger partial charge in [-0.05, 0) is 48.6 Å². The number of nitrogens with one attached hydrogen (secondary N) is 2. The Kier molecular flexibility index (Phi) is 9.01. The monoisotopic (exact) mass is 652 g/mol. The van der Waals surface area contributed by atoms with Crippen LogP contribution in [0, 0.1) is 0 Å². The van der Waals surface area contributed by atoms with Crippen molar-refractivity contribution in [2.24, 2.45) is 0 Å². The van der Waals surface area contributed by atoms with Crippen LogP contribution < -0.4 is 12.4 Å². The van der Waals surface area contributed by atoms with E-state index in [9.17, 15) is 35.9 Å². The summed E-state index contributed by atoms with van der Waals surface area (Å²) in [6, 6.07) is 4.39. The number of aromatic amines is 2. The second-order valence-electron chi connectivity index (χ2n) is 8.48.